The average Bonchev–Trinajstić information content (AvgIpc) is 0.874. The lowest BCUT2D eigenvalue weighted by Crippen LogP contribution is -2.44. The third-order valence-corrected chi connectivity index (χ3v) is 15.6. The zero-order chi connectivity index (χ0) is 76.6. The Labute approximate surface area is 621 Å². The molecule has 0 spiro atoms. The predicted octanol–water partition coefficient (Wildman–Crippen LogP) is 15.1. The van der Waals surface area contributed by atoms with E-state index in [1.807, 2.05) is 19.1 Å². The van der Waals surface area contributed by atoms with E-state index in [2.05, 4.69) is 60.9 Å². The van der Waals surface area contributed by atoms with Crippen LogP contribution in [0, 0.1) is 21.7 Å². The number of esters is 4. The number of carbonyl (C=O) groups excluding carboxylic acids is 4. The molecule has 4 fully saturated rings. The van der Waals surface area contributed by atoms with Gasteiger partial charge in [0.2, 0.25) is 0 Å². The van der Waals surface area contributed by atoms with Crippen molar-refractivity contribution in [2.24, 2.45) is 21.7 Å². The fourth-order valence-corrected chi connectivity index (χ4v) is 8.89. The van der Waals surface area contributed by atoms with Crippen molar-refractivity contribution in [3.63, 3.8) is 0 Å². The van der Waals surface area contributed by atoms with E-state index in [1.54, 1.807) is 42.7 Å². The molecular formula is C80H152O22. The molecule has 4 saturated heterocycles. The van der Waals surface area contributed by atoms with Gasteiger partial charge in [-0.15, -0.1) is 13.2 Å². The Kier molecular flexibility index (Phi) is 81.9. The molecule has 0 amide bonds. The SMILES string of the molecule is C=CC(=O)OCCCCCCCCOC.C=CC(=O)OCCCCCCOC.C=CCCCCCCOC.C=CCCOC.CCCCCCC(=O)OCC1(C)COC1.CCOCCCCCOCC1(C)COC1.COCCCC(=O)OCC1(C)COC1.COCCOCCOCC1(C)COC1. The van der Waals surface area contributed by atoms with Crippen LogP contribution in [0.4, 0.5) is 0 Å². The normalized spacial score (nSPS) is 14.8. The standard InChI is InChI=1S/C12H24O3.2C12H22O3.C10H20O4.C10H18O4.C10H18O3.C9H18O.C5H10O/c1-3-13-7-5-4-6-8-14-9-12(2)10-15-11-12;1-3-4-5-6-7-11(13)15-10-12(2)8-14-9-12;1-3-12(13)15-11-9-7-5-4-6-8-10-14-2;1-10(8-14-9-10)7-13-6-5-12-4-3-11-2;1-10(6-13-7-10)8-14-9(11)4-3-5-12-2;1-3-10(11)13-9-7-5-4-6-8-12-2;1-3-4-5-6-7-8-9-10-2;1-3-4-5-6-2/h3-11H2,1-2H3;3-10H2,1-2H3;3H,1,4-11H2,2H3;3-9H2,1-2H3;3-8H2,1-2H3;3H,1,4-9H2,2H3;3H,1,4-9H2,2H3;3H,1,4-5H2,2H3. The van der Waals surface area contributed by atoms with Gasteiger partial charge in [0.05, 0.1) is 106 Å². The third-order valence-electron chi connectivity index (χ3n) is 15.6. The molecule has 0 bridgehead atoms. The summed E-state index contributed by atoms with van der Waals surface area (Å²) < 4.78 is 91.2. The molecule has 0 unspecified atom stereocenters. The summed E-state index contributed by atoms with van der Waals surface area (Å²) in [5.41, 5.74) is 0.674. The highest BCUT2D eigenvalue weighted by molar-refractivity contribution is 5.81. The predicted molar refractivity (Wildman–Crippen MR) is 406 cm³/mol. The highest BCUT2D eigenvalue weighted by Crippen LogP contribution is 2.29. The van der Waals surface area contributed by atoms with E-state index in [0.29, 0.717) is 90.9 Å². The first kappa shape index (κ1) is 105. The Hall–Kier alpha value is -3.72. The maximum Gasteiger partial charge on any atom is 0.330 e. The van der Waals surface area contributed by atoms with Crippen molar-refractivity contribution in [1.29, 1.82) is 0 Å². The lowest BCUT2D eigenvalue weighted by molar-refractivity contribution is -0.166. The molecule has 102 heavy (non-hydrogen) atoms. The fourth-order valence-electron chi connectivity index (χ4n) is 8.89. The number of allylic oxidation sites excluding steroid dienone is 1. The number of hydrogen-bond acceptors (Lipinski definition) is 22. The fraction of sp³-hybridized carbons (Fsp3) is 0.850. The molecule has 0 saturated carbocycles. The van der Waals surface area contributed by atoms with E-state index >= 15 is 0 Å². The molecule has 604 valence electrons. The van der Waals surface area contributed by atoms with Gasteiger partial charge in [-0.05, 0) is 96.8 Å². The van der Waals surface area contributed by atoms with Crippen LogP contribution in [-0.2, 0) is 104 Å². The topological polar surface area (TPSA) is 234 Å². The van der Waals surface area contributed by atoms with Crippen molar-refractivity contribution < 1.29 is 104 Å². The van der Waals surface area contributed by atoms with Crippen LogP contribution in [0.1, 0.15) is 208 Å². The van der Waals surface area contributed by atoms with E-state index in [1.165, 1.54) is 76.4 Å². The third kappa shape index (κ3) is 77.4. The van der Waals surface area contributed by atoms with Crippen molar-refractivity contribution in [3.05, 3.63) is 50.6 Å². The first-order valence-electron chi connectivity index (χ1n) is 38.0. The van der Waals surface area contributed by atoms with E-state index in [4.69, 9.17) is 85.3 Å². The van der Waals surface area contributed by atoms with Crippen LogP contribution >= 0.6 is 0 Å². The summed E-state index contributed by atoms with van der Waals surface area (Å²) >= 11 is 0. The first-order valence-corrected chi connectivity index (χ1v) is 38.0. The molecule has 0 aromatic heterocycles. The monoisotopic (exact) mass is 1470 g/mol. The number of methoxy groups -OCH3 is 6. The van der Waals surface area contributed by atoms with Gasteiger partial charge in [0.1, 0.15) is 13.2 Å². The smallest absolute Gasteiger partial charge is 0.330 e. The molecule has 0 radical (unpaired) electrons. The van der Waals surface area contributed by atoms with E-state index in [9.17, 15) is 19.2 Å². The average molecular weight is 1470 g/mol. The molecule has 4 rings (SSSR count). The van der Waals surface area contributed by atoms with Crippen LogP contribution in [0.5, 0.6) is 0 Å². The number of unbranched alkanes of at least 4 members (excludes halogenated alkanes) is 17. The zero-order valence-corrected chi connectivity index (χ0v) is 66.9. The van der Waals surface area contributed by atoms with Gasteiger partial charge in [0, 0.05) is 142 Å². The van der Waals surface area contributed by atoms with Crippen molar-refractivity contribution in [3.8, 4) is 0 Å². The molecule has 4 heterocycles. The van der Waals surface area contributed by atoms with Gasteiger partial charge in [-0.2, -0.15) is 0 Å². The maximum absolute atomic E-state index is 11.3. The van der Waals surface area contributed by atoms with Gasteiger partial charge in [-0.25, -0.2) is 9.59 Å². The van der Waals surface area contributed by atoms with E-state index < -0.39 is 0 Å². The zero-order valence-electron chi connectivity index (χ0n) is 66.9. The maximum atomic E-state index is 11.3. The van der Waals surface area contributed by atoms with E-state index in [-0.39, 0.29) is 40.1 Å². The summed E-state index contributed by atoms with van der Waals surface area (Å²) in [6.45, 7) is 45.5. The summed E-state index contributed by atoms with van der Waals surface area (Å²) in [4.78, 5) is 43.8. The Morgan fingerprint density at radius 1 is 0.314 bits per heavy atom. The molecule has 0 aromatic rings. The quantitative estimate of drug-likeness (QED) is 0.0181. The van der Waals surface area contributed by atoms with Gasteiger partial charge in [-0.1, -0.05) is 124 Å². The molecular weight excluding hydrogens is 1310 g/mol. The largest absolute Gasteiger partial charge is 0.465 e. The molecule has 22 nitrogen and oxygen atoms in total. The minimum absolute atomic E-state index is 0.0525. The van der Waals surface area contributed by atoms with Crippen LogP contribution < -0.4 is 0 Å². The molecule has 0 atom stereocenters. The molecule has 22 heteroatoms. The van der Waals surface area contributed by atoms with Crippen molar-refractivity contribution in [1.82, 2.24) is 0 Å². The van der Waals surface area contributed by atoms with Gasteiger partial charge in [-0.3, -0.25) is 9.59 Å². The summed E-state index contributed by atoms with van der Waals surface area (Å²) in [6.07, 6.45) is 34.2. The minimum Gasteiger partial charge on any atom is -0.465 e. The summed E-state index contributed by atoms with van der Waals surface area (Å²) in [5, 5.41) is 0. The summed E-state index contributed by atoms with van der Waals surface area (Å²) in [7, 11) is 10.2. The van der Waals surface area contributed by atoms with Crippen molar-refractivity contribution in [2.45, 2.75) is 208 Å². The highest BCUT2D eigenvalue weighted by Gasteiger charge is 2.36. The number of carbonyl (C=O) groups is 4. The van der Waals surface area contributed by atoms with Crippen LogP contribution in [0.25, 0.3) is 0 Å². The second kappa shape index (κ2) is 79.8. The Bertz CT molecular complexity index is 1850. The first-order chi connectivity index (χ1) is 49.3. The molecule has 0 aromatic carbocycles. The lowest BCUT2D eigenvalue weighted by atomic mass is 9.90. The summed E-state index contributed by atoms with van der Waals surface area (Å²) in [5.74, 6) is -0.860. The number of hydrogen-bond donors (Lipinski definition) is 0. The van der Waals surface area contributed by atoms with Gasteiger partial charge >= 0.3 is 23.9 Å². The van der Waals surface area contributed by atoms with Crippen molar-refractivity contribution in [2.75, 3.05) is 214 Å². The van der Waals surface area contributed by atoms with E-state index in [0.717, 1.165) is 189 Å². The Balaban J connectivity index is -0.000000543. The second-order valence-corrected chi connectivity index (χ2v) is 27.2. The lowest BCUT2D eigenvalue weighted by Gasteiger charge is -2.37. The Morgan fingerprint density at radius 3 is 0.990 bits per heavy atom. The number of ether oxygens (including phenoxy) is 18. The van der Waals surface area contributed by atoms with Gasteiger partial charge in [0.15, 0.2) is 0 Å². The molecule has 4 aliphatic heterocycles. The van der Waals surface area contributed by atoms with Gasteiger partial charge < -0.3 is 85.3 Å². The summed E-state index contributed by atoms with van der Waals surface area (Å²) in [6, 6.07) is 0. The van der Waals surface area contributed by atoms with Gasteiger partial charge in [0.25, 0.3) is 0 Å². The van der Waals surface area contributed by atoms with Crippen LogP contribution in [-0.4, -0.2) is 238 Å². The molecule has 4 aliphatic rings. The van der Waals surface area contributed by atoms with Crippen molar-refractivity contribution >= 4 is 23.9 Å². The minimum atomic E-state index is -0.336. The highest BCUT2D eigenvalue weighted by atomic mass is 16.6. The second-order valence-electron chi connectivity index (χ2n) is 27.2. The van der Waals surface area contributed by atoms with Crippen LogP contribution in [0.15, 0.2) is 50.6 Å². The number of rotatable bonds is 58. The molecule has 0 aliphatic carbocycles. The molecule has 0 N–H and O–H groups in total. The van der Waals surface area contributed by atoms with Crippen LogP contribution in [0.3, 0.4) is 0 Å². The van der Waals surface area contributed by atoms with Crippen LogP contribution in [0.2, 0.25) is 0 Å². The Morgan fingerprint density at radius 2 is 0.627 bits per heavy atom.